The molecule has 9 atom stereocenters. The number of hydrogen-bond acceptors (Lipinski definition) is 3. The van der Waals surface area contributed by atoms with E-state index in [9.17, 15) is 9.90 Å². The van der Waals surface area contributed by atoms with E-state index in [1.165, 1.54) is 12.8 Å². The van der Waals surface area contributed by atoms with E-state index in [2.05, 4.69) is 20.8 Å². The Labute approximate surface area is 139 Å². The van der Waals surface area contributed by atoms with Crippen molar-refractivity contribution in [2.45, 2.75) is 83.0 Å². The van der Waals surface area contributed by atoms with Crippen LogP contribution in [0.1, 0.15) is 65.7 Å². The van der Waals surface area contributed by atoms with Crippen molar-refractivity contribution in [2.75, 3.05) is 0 Å². The number of hydrogen-bond donors (Lipinski definition) is 1. The number of carbonyl (C=O) groups excluding carboxylic acids is 1. The molecule has 3 heteroatoms. The summed E-state index contributed by atoms with van der Waals surface area (Å²) < 4.78 is 6.08. The highest BCUT2D eigenvalue weighted by atomic mass is 16.6. The molecule has 0 amide bonds. The van der Waals surface area contributed by atoms with Gasteiger partial charge in [0, 0.05) is 6.42 Å². The van der Waals surface area contributed by atoms with Gasteiger partial charge in [0.2, 0.25) is 0 Å². The highest BCUT2D eigenvalue weighted by Crippen LogP contribution is 2.70. The first-order chi connectivity index (χ1) is 10.8. The lowest BCUT2D eigenvalue weighted by atomic mass is 9.47. The molecule has 23 heavy (non-hydrogen) atoms. The van der Waals surface area contributed by atoms with E-state index in [-0.39, 0.29) is 17.1 Å². The highest BCUT2D eigenvalue weighted by molar-refractivity contribution is 5.88. The molecule has 1 spiro atoms. The van der Waals surface area contributed by atoms with E-state index in [0.29, 0.717) is 29.5 Å². The van der Waals surface area contributed by atoms with Gasteiger partial charge in [0.1, 0.15) is 11.7 Å². The third-order valence-electron chi connectivity index (χ3n) is 9.11. The van der Waals surface area contributed by atoms with E-state index in [1.54, 1.807) is 0 Å². The summed E-state index contributed by atoms with van der Waals surface area (Å²) in [5.41, 5.74) is -0.495. The van der Waals surface area contributed by atoms with Crippen LogP contribution in [-0.4, -0.2) is 28.2 Å². The van der Waals surface area contributed by atoms with Crippen LogP contribution in [0.3, 0.4) is 0 Å². The first-order valence-corrected chi connectivity index (χ1v) is 9.73. The van der Waals surface area contributed by atoms with E-state index >= 15 is 0 Å². The van der Waals surface area contributed by atoms with Crippen molar-refractivity contribution >= 4 is 5.78 Å². The van der Waals surface area contributed by atoms with E-state index in [1.807, 2.05) is 0 Å². The van der Waals surface area contributed by atoms with Crippen LogP contribution < -0.4 is 0 Å². The Bertz CT molecular complexity index is 569. The second-order valence-corrected chi connectivity index (χ2v) is 9.86. The molecule has 0 bridgehead atoms. The smallest absolute Gasteiger partial charge is 0.164 e. The monoisotopic (exact) mass is 318 g/mol. The highest BCUT2D eigenvalue weighted by Gasteiger charge is 2.73. The zero-order chi connectivity index (χ0) is 16.2. The fraction of sp³-hybridized carbons (Fsp3) is 0.950. The molecule has 0 aromatic rings. The minimum Gasteiger partial charge on any atom is -0.390 e. The number of fused-ring (bicyclic) bond motifs is 4. The summed E-state index contributed by atoms with van der Waals surface area (Å²) in [7, 11) is 0. The van der Waals surface area contributed by atoms with Crippen LogP contribution >= 0.6 is 0 Å². The molecule has 5 aliphatic rings. The summed E-state index contributed by atoms with van der Waals surface area (Å²) in [4.78, 5) is 12.1. The summed E-state index contributed by atoms with van der Waals surface area (Å²) in [6, 6.07) is 0. The number of epoxide rings is 1. The van der Waals surface area contributed by atoms with Crippen molar-refractivity contribution in [3.63, 3.8) is 0 Å². The third-order valence-corrected chi connectivity index (χ3v) is 9.11. The van der Waals surface area contributed by atoms with Crippen LogP contribution in [0.25, 0.3) is 0 Å². The fourth-order valence-electron chi connectivity index (χ4n) is 7.76. The summed E-state index contributed by atoms with van der Waals surface area (Å²) in [5, 5.41) is 11.0. The first-order valence-electron chi connectivity index (χ1n) is 9.73. The van der Waals surface area contributed by atoms with Crippen molar-refractivity contribution in [1.29, 1.82) is 0 Å². The summed E-state index contributed by atoms with van der Waals surface area (Å²) >= 11 is 0. The molecule has 4 aliphatic carbocycles. The van der Waals surface area contributed by atoms with Crippen molar-refractivity contribution in [1.82, 2.24) is 0 Å². The number of carbonyl (C=O) groups is 1. The molecule has 1 heterocycles. The van der Waals surface area contributed by atoms with E-state index in [0.717, 1.165) is 38.0 Å². The van der Waals surface area contributed by atoms with Gasteiger partial charge in [-0.3, -0.25) is 4.79 Å². The largest absolute Gasteiger partial charge is 0.390 e. The van der Waals surface area contributed by atoms with Gasteiger partial charge in [-0.25, -0.2) is 0 Å². The van der Waals surface area contributed by atoms with Gasteiger partial charge in [-0.2, -0.15) is 0 Å². The second-order valence-electron chi connectivity index (χ2n) is 9.86. The number of aliphatic hydroxyl groups is 1. The molecule has 0 aromatic carbocycles. The van der Waals surface area contributed by atoms with Gasteiger partial charge in [0.15, 0.2) is 5.78 Å². The molecule has 1 aliphatic heterocycles. The SMILES string of the molecule is C[C@@H]1C[C@]23O[C@H]2C(=O)CC[C@@H]3[C@@H]2CC[C@@]3(C)[C@@H](CC[C@]3(C)O)[C@H]21. The molecule has 0 aromatic heterocycles. The van der Waals surface area contributed by atoms with Gasteiger partial charge in [0.25, 0.3) is 0 Å². The third kappa shape index (κ3) is 1.62. The Balaban J connectivity index is 1.51. The van der Waals surface area contributed by atoms with E-state index in [4.69, 9.17) is 4.74 Å². The van der Waals surface area contributed by atoms with Crippen LogP contribution in [0.4, 0.5) is 0 Å². The second kappa shape index (κ2) is 4.22. The van der Waals surface area contributed by atoms with Crippen LogP contribution in [0.15, 0.2) is 0 Å². The molecular formula is C20H30O3. The molecule has 5 fully saturated rings. The van der Waals surface area contributed by atoms with Gasteiger partial charge in [-0.15, -0.1) is 0 Å². The summed E-state index contributed by atoms with van der Waals surface area (Å²) in [6.07, 6.45) is 7.28. The van der Waals surface area contributed by atoms with Gasteiger partial charge < -0.3 is 9.84 Å². The summed E-state index contributed by atoms with van der Waals surface area (Å²) in [6.45, 7) is 6.81. The molecule has 3 nitrogen and oxygen atoms in total. The molecular weight excluding hydrogens is 288 g/mol. The number of Topliss-reactive ketones (excluding diaryl/α,β-unsaturated/α-hetero) is 1. The molecule has 0 unspecified atom stereocenters. The van der Waals surface area contributed by atoms with Gasteiger partial charge in [0.05, 0.1) is 5.60 Å². The van der Waals surface area contributed by atoms with Gasteiger partial charge in [-0.05, 0) is 80.5 Å². The predicted octanol–water partition coefficient (Wildman–Crippen LogP) is 3.34. The normalized spacial score (nSPS) is 63.7. The Kier molecular flexibility index (Phi) is 2.73. The molecule has 128 valence electrons. The maximum absolute atomic E-state index is 12.1. The minimum absolute atomic E-state index is 0.0651. The lowest BCUT2D eigenvalue weighted by Crippen LogP contribution is -2.57. The van der Waals surface area contributed by atoms with Crippen LogP contribution in [-0.2, 0) is 9.53 Å². The van der Waals surface area contributed by atoms with E-state index < -0.39 is 5.60 Å². The number of ketones is 1. The molecule has 1 saturated heterocycles. The van der Waals surface area contributed by atoms with Crippen LogP contribution in [0, 0.1) is 35.0 Å². The Morgan fingerprint density at radius 3 is 2.70 bits per heavy atom. The van der Waals surface area contributed by atoms with Crippen molar-refractivity contribution in [3.05, 3.63) is 0 Å². The Hall–Kier alpha value is -0.410. The van der Waals surface area contributed by atoms with Gasteiger partial charge in [-0.1, -0.05) is 13.8 Å². The zero-order valence-corrected chi connectivity index (χ0v) is 14.7. The van der Waals surface area contributed by atoms with Crippen LogP contribution in [0.5, 0.6) is 0 Å². The Morgan fingerprint density at radius 2 is 1.91 bits per heavy atom. The molecule has 1 N–H and O–H groups in total. The van der Waals surface area contributed by atoms with Gasteiger partial charge >= 0.3 is 0 Å². The molecule has 4 saturated carbocycles. The lowest BCUT2D eigenvalue weighted by molar-refractivity contribution is -0.138. The zero-order valence-electron chi connectivity index (χ0n) is 14.7. The van der Waals surface area contributed by atoms with Crippen molar-refractivity contribution < 1.29 is 14.6 Å². The number of rotatable bonds is 0. The summed E-state index contributed by atoms with van der Waals surface area (Å²) in [5.74, 6) is 3.65. The topological polar surface area (TPSA) is 49.8 Å². The van der Waals surface area contributed by atoms with Crippen molar-refractivity contribution in [3.8, 4) is 0 Å². The molecule has 0 radical (unpaired) electrons. The first kappa shape index (κ1) is 14.9. The van der Waals surface area contributed by atoms with Crippen LogP contribution in [0.2, 0.25) is 0 Å². The predicted molar refractivity (Wildman–Crippen MR) is 86.8 cm³/mol. The lowest BCUT2D eigenvalue weighted by Gasteiger charge is -2.58. The maximum Gasteiger partial charge on any atom is 0.164 e. The average molecular weight is 318 g/mol. The maximum atomic E-state index is 12.1. The number of ether oxygens (including phenoxy) is 1. The Morgan fingerprint density at radius 1 is 1.13 bits per heavy atom. The minimum atomic E-state index is -0.501. The van der Waals surface area contributed by atoms with Crippen molar-refractivity contribution in [2.24, 2.45) is 35.0 Å². The standard InChI is InChI=1S/C20H30O3/c1-11-10-20-13(4-5-15(21)17(20)23-20)12-6-8-18(2)14(16(11)12)7-9-19(18,3)22/h11-14,16-17,22H,4-10H2,1-3H3/t11-,12+,13-,14+,16+,17+,18+,19+,20-/m1/s1. The fourth-order valence-corrected chi connectivity index (χ4v) is 7.76. The quantitative estimate of drug-likeness (QED) is 0.697. The molecule has 5 rings (SSSR count). The average Bonchev–Trinajstić information content (AvgIpc) is 3.15.